The first kappa shape index (κ1) is 13.5. The van der Waals surface area contributed by atoms with Crippen LogP contribution in [0.5, 0.6) is 0 Å². The number of esters is 1. The van der Waals surface area contributed by atoms with Crippen molar-refractivity contribution in [1.82, 2.24) is 0 Å². The van der Waals surface area contributed by atoms with E-state index in [2.05, 4.69) is 0 Å². The zero-order chi connectivity index (χ0) is 13.2. The number of carbonyl (C=O) groups is 2. The average Bonchev–Trinajstić information content (AvgIpc) is 2.77. The fraction of sp³-hybridized carbons (Fsp3) is 0.667. The van der Waals surface area contributed by atoms with Crippen molar-refractivity contribution in [1.29, 1.82) is 0 Å². The number of aliphatic carboxylic acids is 1. The van der Waals surface area contributed by atoms with E-state index in [1.807, 2.05) is 13.8 Å². The third-order valence-electron chi connectivity index (χ3n) is 3.20. The lowest BCUT2D eigenvalue weighted by atomic mass is 10.1. The van der Waals surface area contributed by atoms with Gasteiger partial charge in [-0.2, -0.15) is 0 Å². The molecule has 1 aliphatic rings. The summed E-state index contributed by atoms with van der Waals surface area (Å²) in [5.41, 5.74) is -0.345. The maximum absolute atomic E-state index is 11.5. The maximum Gasteiger partial charge on any atom is 0.373 e. The highest BCUT2D eigenvalue weighted by atomic mass is 16.6. The molecule has 17 heavy (non-hydrogen) atoms. The summed E-state index contributed by atoms with van der Waals surface area (Å²) in [5, 5.41) is 9.00. The van der Waals surface area contributed by atoms with E-state index in [1.165, 1.54) is 7.11 Å². The molecular formula is C12H18O5. The normalized spacial score (nSPS) is 26.2. The van der Waals surface area contributed by atoms with Gasteiger partial charge in [0.15, 0.2) is 0 Å². The van der Waals surface area contributed by atoms with Crippen LogP contribution in [-0.4, -0.2) is 30.8 Å². The van der Waals surface area contributed by atoms with E-state index in [9.17, 15) is 9.59 Å². The van der Waals surface area contributed by atoms with Crippen LogP contribution in [0.1, 0.15) is 20.8 Å². The van der Waals surface area contributed by atoms with Crippen LogP contribution in [-0.2, 0) is 19.1 Å². The molecule has 1 rings (SSSR count). The Kier molecular flexibility index (Phi) is 3.80. The molecule has 0 aromatic heterocycles. The Balaban J connectivity index is 2.81. The van der Waals surface area contributed by atoms with Crippen molar-refractivity contribution < 1.29 is 24.2 Å². The Bertz CT molecular complexity index is 356. The first-order chi connectivity index (χ1) is 7.86. The largest absolute Gasteiger partial charge is 0.490 e. The van der Waals surface area contributed by atoms with Crippen LogP contribution in [0.3, 0.4) is 0 Å². The minimum atomic E-state index is -0.851. The van der Waals surface area contributed by atoms with Gasteiger partial charge in [0, 0.05) is 5.92 Å². The maximum atomic E-state index is 11.5. The zero-order valence-corrected chi connectivity index (χ0v) is 10.5. The molecule has 1 fully saturated rings. The Labute approximate surface area is 100 Å². The van der Waals surface area contributed by atoms with Crippen molar-refractivity contribution in [2.45, 2.75) is 20.8 Å². The zero-order valence-electron chi connectivity index (χ0n) is 10.5. The third kappa shape index (κ3) is 2.60. The first-order valence-corrected chi connectivity index (χ1v) is 5.52. The van der Waals surface area contributed by atoms with Gasteiger partial charge in [0.05, 0.1) is 19.6 Å². The molecule has 96 valence electrons. The summed E-state index contributed by atoms with van der Waals surface area (Å²) < 4.78 is 9.74. The van der Waals surface area contributed by atoms with Gasteiger partial charge in [-0.3, -0.25) is 4.79 Å². The highest BCUT2D eigenvalue weighted by molar-refractivity contribution is 5.87. The van der Waals surface area contributed by atoms with Gasteiger partial charge < -0.3 is 14.6 Å². The fourth-order valence-corrected chi connectivity index (χ4v) is 2.05. The SMILES string of the molecule is CCOC(=O)C(=CC1C(C(=O)O)C1(C)C)OC. The second-order valence-corrected chi connectivity index (χ2v) is 4.62. The predicted octanol–water partition coefficient (Wildman–Crippen LogP) is 1.44. The molecule has 0 aromatic rings. The predicted molar refractivity (Wildman–Crippen MR) is 60.1 cm³/mol. The number of carbonyl (C=O) groups excluding carboxylic acids is 1. The lowest BCUT2D eigenvalue weighted by molar-refractivity contribution is -0.142. The van der Waals surface area contributed by atoms with Crippen LogP contribution in [0.15, 0.2) is 11.8 Å². The third-order valence-corrected chi connectivity index (χ3v) is 3.20. The molecule has 1 saturated carbocycles. The second-order valence-electron chi connectivity index (χ2n) is 4.62. The van der Waals surface area contributed by atoms with Crippen LogP contribution in [0.4, 0.5) is 0 Å². The molecular weight excluding hydrogens is 224 g/mol. The number of hydrogen-bond donors (Lipinski definition) is 1. The van der Waals surface area contributed by atoms with Gasteiger partial charge in [-0.05, 0) is 18.4 Å². The highest BCUT2D eigenvalue weighted by Crippen LogP contribution is 2.59. The smallest absolute Gasteiger partial charge is 0.373 e. The number of rotatable bonds is 5. The van der Waals surface area contributed by atoms with Crippen molar-refractivity contribution >= 4 is 11.9 Å². The van der Waals surface area contributed by atoms with Gasteiger partial charge in [-0.15, -0.1) is 0 Å². The summed E-state index contributed by atoms with van der Waals surface area (Å²) in [7, 11) is 1.37. The summed E-state index contributed by atoms with van der Waals surface area (Å²) in [6.07, 6.45) is 1.55. The van der Waals surface area contributed by atoms with E-state index in [0.29, 0.717) is 0 Å². The quantitative estimate of drug-likeness (QED) is 0.448. The van der Waals surface area contributed by atoms with E-state index < -0.39 is 17.9 Å². The molecule has 5 heteroatoms. The Hall–Kier alpha value is -1.52. The fourth-order valence-electron chi connectivity index (χ4n) is 2.05. The number of ether oxygens (including phenoxy) is 2. The number of methoxy groups -OCH3 is 1. The number of carboxylic acids is 1. The Morgan fingerprint density at radius 1 is 1.41 bits per heavy atom. The van der Waals surface area contributed by atoms with Gasteiger partial charge >= 0.3 is 11.9 Å². The lowest BCUT2D eigenvalue weighted by Crippen LogP contribution is -2.10. The van der Waals surface area contributed by atoms with E-state index >= 15 is 0 Å². The monoisotopic (exact) mass is 242 g/mol. The van der Waals surface area contributed by atoms with Crippen LogP contribution in [0.25, 0.3) is 0 Å². The molecule has 0 aromatic carbocycles. The van der Waals surface area contributed by atoms with Crippen LogP contribution >= 0.6 is 0 Å². The molecule has 5 nitrogen and oxygen atoms in total. The van der Waals surface area contributed by atoms with Crippen molar-refractivity contribution in [2.75, 3.05) is 13.7 Å². The van der Waals surface area contributed by atoms with Crippen LogP contribution in [0.2, 0.25) is 0 Å². The van der Waals surface area contributed by atoms with E-state index in [0.717, 1.165) is 0 Å². The van der Waals surface area contributed by atoms with Crippen molar-refractivity contribution in [2.24, 2.45) is 17.3 Å². The minimum Gasteiger partial charge on any atom is -0.490 e. The Morgan fingerprint density at radius 3 is 2.35 bits per heavy atom. The molecule has 0 heterocycles. The molecule has 1 aliphatic carbocycles. The van der Waals surface area contributed by atoms with Gasteiger partial charge in [0.1, 0.15) is 0 Å². The molecule has 2 atom stereocenters. The average molecular weight is 242 g/mol. The van der Waals surface area contributed by atoms with Gasteiger partial charge in [-0.1, -0.05) is 13.8 Å². The molecule has 0 saturated heterocycles. The van der Waals surface area contributed by atoms with Crippen LogP contribution in [0, 0.1) is 17.3 Å². The Morgan fingerprint density at radius 2 is 2.00 bits per heavy atom. The number of allylic oxidation sites excluding steroid dienone is 1. The highest BCUT2D eigenvalue weighted by Gasteiger charge is 2.61. The summed E-state index contributed by atoms with van der Waals surface area (Å²) in [6.45, 7) is 5.67. The minimum absolute atomic E-state index is 0.0775. The molecule has 0 aliphatic heterocycles. The van der Waals surface area contributed by atoms with E-state index in [4.69, 9.17) is 14.6 Å². The van der Waals surface area contributed by atoms with Crippen molar-refractivity contribution in [3.05, 3.63) is 11.8 Å². The van der Waals surface area contributed by atoms with Gasteiger partial charge in [0.2, 0.25) is 5.76 Å². The van der Waals surface area contributed by atoms with E-state index in [-0.39, 0.29) is 23.7 Å². The van der Waals surface area contributed by atoms with Gasteiger partial charge in [-0.25, -0.2) is 4.79 Å². The topological polar surface area (TPSA) is 72.8 Å². The molecule has 1 N–H and O–H groups in total. The molecule has 0 spiro atoms. The summed E-state index contributed by atoms with van der Waals surface area (Å²) in [4.78, 5) is 22.4. The van der Waals surface area contributed by atoms with E-state index in [1.54, 1.807) is 13.0 Å². The molecule has 0 bridgehead atoms. The molecule has 0 radical (unpaired) electrons. The van der Waals surface area contributed by atoms with Crippen molar-refractivity contribution in [3.8, 4) is 0 Å². The number of hydrogen-bond acceptors (Lipinski definition) is 4. The summed E-state index contributed by atoms with van der Waals surface area (Å²) in [5.74, 6) is -1.99. The van der Waals surface area contributed by atoms with Crippen molar-refractivity contribution in [3.63, 3.8) is 0 Å². The first-order valence-electron chi connectivity index (χ1n) is 5.52. The molecule has 0 amide bonds. The summed E-state index contributed by atoms with van der Waals surface area (Å²) in [6, 6.07) is 0. The lowest BCUT2D eigenvalue weighted by Gasteiger charge is -2.05. The molecule has 2 unspecified atom stereocenters. The summed E-state index contributed by atoms with van der Waals surface area (Å²) >= 11 is 0. The second kappa shape index (κ2) is 4.77. The standard InChI is InChI=1S/C12H18O5/c1-5-17-11(15)8(16-4)6-7-9(10(13)14)12(7,2)3/h6-7,9H,5H2,1-4H3,(H,13,14). The van der Waals surface area contributed by atoms with Crippen LogP contribution < -0.4 is 0 Å². The number of carboxylic acid groups (broad SMARTS) is 1. The van der Waals surface area contributed by atoms with Gasteiger partial charge in [0.25, 0.3) is 0 Å².